The molecule has 1 N–H and O–H groups in total. The van der Waals surface area contributed by atoms with Crippen molar-refractivity contribution in [2.45, 2.75) is 33.7 Å². The molecule has 0 saturated carbocycles. The number of aromatic nitrogens is 4. The molecule has 0 aliphatic rings. The number of amides is 1. The number of rotatable bonds is 6. The van der Waals surface area contributed by atoms with E-state index in [1.165, 1.54) is 17.4 Å². The maximum absolute atomic E-state index is 13.7. The number of nitrogens with one attached hydrogen (secondary N) is 1. The first-order chi connectivity index (χ1) is 12.4. The van der Waals surface area contributed by atoms with Crippen molar-refractivity contribution in [2.24, 2.45) is 5.92 Å². The van der Waals surface area contributed by atoms with E-state index in [1.54, 1.807) is 29.1 Å². The van der Waals surface area contributed by atoms with Gasteiger partial charge in [0.25, 0.3) is 0 Å². The lowest BCUT2D eigenvalue weighted by Crippen LogP contribution is -2.25. The highest BCUT2D eigenvalue weighted by Gasteiger charge is 2.17. The summed E-state index contributed by atoms with van der Waals surface area (Å²) in [5, 5.41) is 7.61. The Morgan fingerprint density at radius 1 is 1.35 bits per heavy atom. The molecule has 0 fully saturated rings. The maximum atomic E-state index is 13.7. The number of anilines is 1. The number of benzene rings is 1. The smallest absolute Gasteiger partial charge is 0.230 e. The van der Waals surface area contributed by atoms with Gasteiger partial charge >= 0.3 is 0 Å². The molecule has 3 aromatic rings. The van der Waals surface area contributed by atoms with Gasteiger partial charge in [0.05, 0.1) is 12.5 Å². The fraction of sp³-hybridized carbons (Fsp3) is 0.333. The van der Waals surface area contributed by atoms with E-state index >= 15 is 0 Å². The normalized spacial score (nSPS) is 12.2. The number of carbonyl (C=O) groups excluding carboxylic acids is 1. The van der Waals surface area contributed by atoms with Crippen molar-refractivity contribution in [3.05, 3.63) is 58.4 Å². The number of halogens is 1. The second-order valence-corrected chi connectivity index (χ2v) is 7.29. The third-order valence-corrected chi connectivity index (χ3v) is 4.88. The van der Waals surface area contributed by atoms with Crippen LogP contribution < -0.4 is 5.32 Å². The van der Waals surface area contributed by atoms with E-state index in [1.807, 2.05) is 20.8 Å². The van der Waals surface area contributed by atoms with Crippen LogP contribution in [0.4, 0.5) is 9.52 Å². The van der Waals surface area contributed by atoms with Gasteiger partial charge in [0, 0.05) is 17.5 Å². The predicted octanol–water partition coefficient (Wildman–Crippen LogP) is 3.36. The Morgan fingerprint density at radius 3 is 2.81 bits per heavy atom. The van der Waals surface area contributed by atoms with E-state index < -0.39 is 0 Å². The number of hydrogen-bond donors (Lipinski definition) is 1. The molecule has 1 amide bonds. The summed E-state index contributed by atoms with van der Waals surface area (Å²) in [7, 11) is 0. The summed E-state index contributed by atoms with van der Waals surface area (Å²) in [6.07, 6.45) is 2.12. The van der Waals surface area contributed by atoms with E-state index in [4.69, 9.17) is 0 Å². The molecule has 1 atom stereocenters. The van der Waals surface area contributed by atoms with Gasteiger partial charge in [-0.3, -0.25) is 4.79 Å². The van der Waals surface area contributed by atoms with Crippen molar-refractivity contribution in [3.63, 3.8) is 0 Å². The van der Waals surface area contributed by atoms with Crippen molar-refractivity contribution in [3.8, 4) is 0 Å². The number of aryl methyl sites for hydroxylation is 2. The van der Waals surface area contributed by atoms with Gasteiger partial charge in [0.1, 0.15) is 17.5 Å². The molecule has 0 saturated heterocycles. The molecule has 0 aliphatic heterocycles. The van der Waals surface area contributed by atoms with Crippen LogP contribution >= 0.6 is 11.3 Å². The van der Waals surface area contributed by atoms with Crippen LogP contribution in [0.1, 0.15) is 29.0 Å². The molecule has 0 bridgehead atoms. The lowest BCUT2D eigenvalue weighted by atomic mass is 10.1. The largest absolute Gasteiger partial charge is 0.302 e. The number of thiazole rings is 1. The van der Waals surface area contributed by atoms with Gasteiger partial charge < -0.3 is 5.32 Å². The lowest BCUT2D eigenvalue weighted by Gasteiger charge is -2.11. The van der Waals surface area contributed by atoms with Crippen LogP contribution in [-0.2, 0) is 17.8 Å². The summed E-state index contributed by atoms with van der Waals surface area (Å²) in [4.78, 5) is 21.7. The van der Waals surface area contributed by atoms with Gasteiger partial charge in [0.15, 0.2) is 5.13 Å². The van der Waals surface area contributed by atoms with Crippen LogP contribution in [0.15, 0.2) is 30.5 Å². The minimum Gasteiger partial charge on any atom is -0.302 e. The molecule has 0 spiro atoms. The zero-order valence-electron chi connectivity index (χ0n) is 14.9. The van der Waals surface area contributed by atoms with E-state index in [9.17, 15) is 9.18 Å². The van der Waals surface area contributed by atoms with Crippen molar-refractivity contribution in [1.82, 2.24) is 19.7 Å². The van der Waals surface area contributed by atoms with Crippen LogP contribution in [0.3, 0.4) is 0 Å². The van der Waals surface area contributed by atoms with Crippen molar-refractivity contribution in [2.75, 3.05) is 5.32 Å². The molecule has 0 unspecified atom stereocenters. The maximum Gasteiger partial charge on any atom is 0.230 e. The van der Waals surface area contributed by atoms with Crippen LogP contribution in [0, 0.1) is 25.6 Å². The Labute approximate surface area is 155 Å². The zero-order chi connectivity index (χ0) is 18.7. The average Bonchev–Trinajstić information content (AvgIpc) is 3.15. The first kappa shape index (κ1) is 18.2. The van der Waals surface area contributed by atoms with Gasteiger partial charge in [-0.25, -0.2) is 19.0 Å². The molecule has 1 aromatic carbocycles. The monoisotopic (exact) mass is 373 g/mol. The number of nitrogens with zero attached hydrogens (tertiary/aromatic N) is 4. The second kappa shape index (κ2) is 7.74. The fourth-order valence-electron chi connectivity index (χ4n) is 2.58. The predicted molar refractivity (Wildman–Crippen MR) is 98.6 cm³/mol. The van der Waals surface area contributed by atoms with Gasteiger partial charge in [-0.1, -0.05) is 25.1 Å². The highest BCUT2D eigenvalue weighted by atomic mass is 32.1. The van der Waals surface area contributed by atoms with Gasteiger partial charge in [-0.15, -0.1) is 11.3 Å². The van der Waals surface area contributed by atoms with Crippen LogP contribution in [0.5, 0.6) is 0 Å². The van der Waals surface area contributed by atoms with E-state index in [-0.39, 0.29) is 17.6 Å². The lowest BCUT2D eigenvalue weighted by molar-refractivity contribution is -0.119. The highest BCUT2D eigenvalue weighted by Crippen LogP contribution is 2.23. The summed E-state index contributed by atoms with van der Waals surface area (Å²) in [6, 6.07) is 6.65. The molecule has 0 aliphatic carbocycles. The summed E-state index contributed by atoms with van der Waals surface area (Å²) < 4.78 is 15.5. The average molecular weight is 373 g/mol. The first-order valence-corrected chi connectivity index (χ1v) is 9.11. The van der Waals surface area contributed by atoms with Gasteiger partial charge in [0.2, 0.25) is 5.91 Å². The third-order valence-electron chi connectivity index (χ3n) is 3.96. The Hall–Kier alpha value is -2.61. The quantitative estimate of drug-likeness (QED) is 0.719. The summed E-state index contributed by atoms with van der Waals surface area (Å²) in [5.74, 6) is 0.813. The van der Waals surface area contributed by atoms with Crippen molar-refractivity contribution < 1.29 is 9.18 Å². The number of hydrogen-bond acceptors (Lipinski definition) is 5. The Bertz CT molecular complexity index is 920. The minimum absolute atomic E-state index is 0.135. The van der Waals surface area contributed by atoms with Crippen molar-refractivity contribution in [1.29, 1.82) is 0 Å². The molecule has 136 valence electrons. The molecule has 2 aromatic heterocycles. The molecule has 2 heterocycles. The topological polar surface area (TPSA) is 72.7 Å². The van der Waals surface area contributed by atoms with Crippen LogP contribution in [0.2, 0.25) is 0 Å². The Morgan fingerprint density at radius 2 is 2.12 bits per heavy atom. The fourth-order valence-corrected chi connectivity index (χ4v) is 3.42. The van der Waals surface area contributed by atoms with E-state index in [2.05, 4.69) is 20.4 Å². The van der Waals surface area contributed by atoms with Gasteiger partial charge in [-0.2, -0.15) is 5.10 Å². The molecule has 26 heavy (non-hydrogen) atoms. The molecule has 8 heteroatoms. The third kappa shape index (κ3) is 4.32. The molecule has 3 rings (SSSR count). The summed E-state index contributed by atoms with van der Waals surface area (Å²) >= 11 is 1.35. The number of carbonyl (C=O) groups is 1. The van der Waals surface area contributed by atoms with Crippen LogP contribution in [0.25, 0.3) is 0 Å². The van der Waals surface area contributed by atoms with E-state index in [0.717, 1.165) is 10.7 Å². The standard InChI is InChI=1S/C18H20FN5OS/c1-11(10-24-13(3)21-12(2)23-24)17(25)22-18-20-9-15(26-18)8-14-6-4-5-7-16(14)19/h4-7,9,11H,8,10H2,1-3H3,(H,20,22,25)/t11-/m1/s1. The van der Waals surface area contributed by atoms with Gasteiger partial charge in [-0.05, 0) is 25.5 Å². The van der Waals surface area contributed by atoms with Crippen molar-refractivity contribution >= 4 is 22.4 Å². The van der Waals surface area contributed by atoms with E-state index in [0.29, 0.717) is 29.5 Å². The molecule has 0 radical (unpaired) electrons. The van der Waals surface area contributed by atoms with Crippen LogP contribution in [-0.4, -0.2) is 25.7 Å². The Balaban J connectivity index is 1.60. The molecule has 6 nitrogen and oxygen atoms in total. The Kier molecular flexibility index (Phi) is 5.41. The molecular formula is C18H20FN5OS. The SMILES string of the molecule is Cc1nc(C)n(C[C@@H](C)C(=O)Nc2ncc(Cc3ccccc3F)s2)n1. The first-order valence-electron chi connectivity index (χ1n) is 8.29. The zero-order valence-corrected chi connectivity index (χ0v) is 15.7. The minimum atomic E-state index is -0.284. The highest BCUT2D eigenvalue weighted by molar-refractivity contribution is 7.15. The molecular weight excluding hydrogens is 353 g/mol. The second-order valence-electron chi connectivity index (χ2n) is 6.18. The summed E-state index contributed by atoms with van der Waals surface area (Å²) in [6.45, 7) is 5.97. The summed E-state index contributed by atoms with van der Waals surface area (Å²) in [5.41, 5.74) is 0.611.